The number of piperazine rings is 1. The average Bonchev–Trinajstić information content (AvgIpc) is 3.22. The molecule has 9 nitrogen and oxygen atoms in total. The average molecular weight is 380 g/mol. The Kier molecular flexibility index (Phi) is 4.68. The number of phenols is 1. The van der Waals surface area contributed by atoms with Crippen LogP contribution in [-0.2, 0) is 0 Å². The van der Waals surface area contributed by atoms with Crippen LogP contribution in [0.25, 0.3) is 16.9 Å². The van der Waals surface area contributed by atoms with Crippen LogP contribution in [-0.4, -0.2) is 61.0 Å². The van der Waals surface area contributed by atoms with Gasteiger partial charge in [0.05, 0.1) is 24.3 Å². The second-order valence-electron chi connectivity index (χ2n) is 7.98. The lowest BCUT2D eigenvalue weighted by molar-refractivity contribution is 0.252. The first kappa shape index (κ1) is 18.3. The third-order valence-corrected chi connectivity index (χ3v) is 4.96. The molecular weight excluding hydrogens is 356 g/mol. The van der Waals surface area contributed by atoms with Crippen LogP contribution in [0.4, 0.5) is 5.95 Å². The molecule has 3 aromatic rings. The number of aromatic hydroxyl groups is 1. The molecule has 0 aliphatic carbocycles. The molecule has 0 saturated carbocycles. The fraction of sp³-hybridized carbons (Fsp3) is 0.421. The molecule has 9 heteroatoms. The number of nitrogens with one attached hydrogen (secondary N) is 1. The van der Waals surface area contributed by atoms with Crippen molar-refractivity contribution in [2.24, 2.45) is 5.41 Å². The molecule has 1 aromatic carbocycles. The molecule has 28 heavy (non-hydrogen) atoms. The molecule has 1 atom stereocenters. The van der Waals surface area contributed by atoms with E-state index < -0.39 is 0 Å². The number of aromatic nitrogens is 6. The van der Waals surface area contributed by atoms with E-state index in [2.05, 4.69) is 56.4 Å². The van der Waals surface area contributed by atoms with E-state index in [4.69, 9.17) is 0 Å². The van der Waals surface area contributed by atoms with Gasteiger partial charge >= 0.3 is 0 Å². The van der Waals surface area contributed by atoms with Crippen LogP contribution in [0.15, 0.2) is 36.8 Å². The van der Waals surface area contributed by atoms with Crippen molar-refractivity contribution in [3.63, 3.8) is 0 Å². The summed E-state index contributed by atoms with van der Waals surface area (Å²) in [6.45, 7) is 9.23. The van der Waals surface area contributed by atoms with Gasteiger partial charge in [0.25, 0.3) is 0 Å². The lowest BCUT2D eigenvalue weighted by Gasteiger charge is -2.40. The maximum absolute atomic E-state index is 10.4. The highest BCUT2D eigenvalue weighted by atomic mass is 16.3. The van der Waals surface area contributed by atoms with Crippen LogP contribution in [0.1, 0.15) is 20.8 Å². The van der Waals surface area contributed by atoms with E-state index >= 15 is 0 Å². The van der Waals surface area contributed by atoms with Crippen LogP contribution in [0, 0.1) is 5.41 Å². The predicted octanol–water partition coefficient (Wildman–Crippen LogP) is 1.65. The molecule has 1 saturated heterocycles. The van der Waals surface area contributed by atoms with Gasteiger partial charge in [0.1, 0.15) is 11.4 Å². The number of benzene rings is 1. The van der Waals surface area contributed by atoms with Crippen molar-refractivity contribution in [3.8, 4) is 22.7 Å². The summed E-state index contributed by atoms with van der Waals surface area (Å²) in [4.78, 5) is 8.08. The predicted molar refractivity (Wildman–Crippen MR) is 105 cm³/mol. The molecule has 3 heterocycles. The highest BCUT2D eigenvalue weighted by Gasteiger charge is 2.30. The van der Waals surface area contributed by atoms with Gasteiger partial charge in [0, 0.05) is 37.3 Å². The summed E-state index contributed by atoms with van der Waals surface area (Å²) in [5, 5.41) is 30.7. The maximum atomic E-state index is 10.4. The Morgan fingerprint density at radius 2 is 1.93 bits per heavy atom. The van der Waals surface area contributed by atoms with E-state index in [0.717, 1.165) is 19.6 Å². The zero-order valence-electron chi connectivity index (χ0n) is 16.2. The molecule has 0 bridgehead atoms. The number of nitrogens with zero attached hydrogens (tertiary/aromatic N) is 7. The highest BCUT2D eigenvalue weighted by molar-refractivity contribution is 5.67. The molecule has 0 radical (unpaired) electrons. The lowest BCUT2D eigenvalue weighted by Crippen LogP contribution is -2.56. The molecular formula is C19H24N8O. The zero-order valence-corrected chi connectivity index (χ0v) is 16.2. The van der Waals surface area contributed by atoms with Crippen molar-refractivity contribution in [2.75, 3.05) is 24.5 Å². The Bertz CT molecular complexity index is 934. The SMILES string of the molecule is CC(C)(C)[C@H]1CN(c2ncc(-c3ccc(-n4nccn4)cc3O)nn2)CCN1. The van der Waals surface area contributed by atoms with E-state index in [0.29, 0.717) is 28.9 Å². The quantitative estimate of drug-likeness (QED) is 0.707. The fourth-order valence-corrected chi connectivity index (χ4v) is 3.26. The second kappa shape index (κ2) is 7.16. The van der Waals surface area contributed by atoms with E-state index in [9.17, 15) is 5.11 Å². The Hall–Kier alpha value is -3.07. The molecule has 1 aliphatic rings. The van der Waals surface area contributed by atoms with Crippen LogP contribution in [0.2, 0.25) is 0 Å². The first-order valence-electron chi connectivity index (χ1n) is 9.30. The van der Waals surface area contributed by atoms with Gasteiger partial charge < -0.3 is 15.3 Å². The molecule has 0 spiro atoms. The van der Waals surface area contributed by atoms with Crippen molar-refractivity contribution < 1.29 is 5.11 Å². The van der Waals surface area contributed by atoms with Gasteiger partial charge in [-0.15, -0.1) is 10.2 Å². The molecule has 2 N–H and O–H groups in total. The topological polar surface area (TPSA) is 105 Å². The number of rotatable bonds is 3. The lowest BCUT2D eigenvalue weighted by atomic mass is 9.85. The van der Waals surface area contributed by atoms with E-state index in [1.165, 1.54) is 4.80 Å². The minimum absolute atomic E-state index is 0.0774. The van der Waals surface area contributed by atoms with Crippen molar-refractivity contribution in [1.29, 1.82) is 0 Å². The number of hydrogen-bond donors (Lipinski definition) is 2. The maximum Gasteiger partial charge on any atom is 0.245 e. The van der Waals surface area contributed by atoms with Crippen molar-refractivity contribution >= 4 is 5.95 Å². The summed E-state index contributed by atoms with van der Waals surface area (Å²) in [6, 6.07) is 5.53. The fourth-order valence-electron chi connectivity index (χ4n) is 3.26. The summed E-state index contributed by atoms with van der Waals surface area (Å²) in [7, 11) is 0. The van der Waals surface area contributed by atoms with Crippen LogP contribution >= 0.6 is 0 Å². The van der Waals surface area contributed by atoms with Crippen LogP contribution in [0.5, 0.6) is 5.75 Å². The monoisotopic (exact) mass is 380 g/mol. The number of hydrogen-bond acceptors (Lipinski definition) is 8. The Balaban J connectivity index is 1.53. The first-order chi connectivity index (χ1) is 13.4. The molecule has 0 amide bonds. The van der Waals surface area contributed by atoms with Gasteiger partial charge in [-0.2, -0.15) is 15.0 Å². The van der Waals surface area contributed by atoms with E-state index in [1.54, 1.807) is 30.7 Å². The molecule has 4 rings (SSSR count). The third kappa shape index (κ3) is 3.65. The Morgan fingerprint density at radius 1 is 1.14 bits per heavy atom. The smallest absolute Gasteiger partial charge is 0.245 e. The van der Waals surface area contributed by atoms with Crippen LogP contribution < -0.4 is 10.2 Å². The van der Waals surface area contributed by atoms with Crippen molar-refractivity contribution in [2.45, 2.75) is 26.8 Å². The number of anilines is 1. The van der Waals surface area contributed by atoms with Crippen LogP contribution in [0.3, 0.4) is 0 Å². The standard InChI is InChI=1S/C19H24N8O/c1-19(2,3)17-12-26(9-8-20-17)18-21-11-15(24-25-18)14-5-4-13(10-16(14)28)27-22-6-7-23-27/h4-7,10-11,17,20,28H,8-9,12H2,1-3H3/t17-/m1/s1. The molecule has 146 valence electrons. The Morgan fingerprint density at radius 3 is 2.57 bits per heavy atom. The van der Waals surface area contributed by atoms with E-state index in [-0.39, 0.29) is 11.2 Å². The van der Waals surface area contributed by atoms with Gasteiger partial charge in [0.2, 0.25) is 5.95 Å². The minimum Gasteiger partial charge on any atom is -0.507 e. The molecule has 0 unspecified atom stereocenters. The molecule has 1 fully saturated rings. The molecule has 2 aromatic heterocycles. The van der Waals surface area contributed by atoms with E-state index in [1.807, 2.05) is 6.07 Å². The summed E-state index contributed by atoms with van der Waals surface area (Å²) in [6.07, 6.45) is 4.82. The summed E-state index contributed by atoms with van der Waals surface area (Å²) < 4.78 is 0. The van der Waals surface area contributed by atoms with Crippen molar-refractivity contribution in [1.82, 2.24) is 35.5 Å². The van der Waals surface area contributed by atoms with Gasteiger partial charge in [-0.3, -0.25) is 0 Å². The minimum atomic E-state index is 0.0774. The summed E-state index contributed by atoms with van der Waals surface area (Å²) in [5.41, 5.74) is 1.90. The normalized spacial score (nSPS) is 17.7. The third-order valence-electron chi connectivity index (χ3n) is 4.96. The summed E-state index contributed by atoms with van der Waals surface area (Å²) in [5.74, 6) is 0.685. The second-order valence-corrected chi connectivity index (χ2v) is 7.98. The van der Waals surface area contributed by atoms with Crippen molar-refractivity contribution in [3.05, 3.63) is 36.8 Å². The van der Waals surface area contributed by atoms with Gasteiger partial charge in [-0.1, -0.05) is 20.8 Å². The summed E-state index contributed by atoms with van der Waals surface area (Å²) >= 11 is 0. The zero-order chi connectivity index (χ0) is 19.7. The van der Waals surface area contributed by atoms with Gasteiger partial charge in [0.15, 0.2) is 0 Å². The Labute approximate surface area is 163 Å². The van der Waals surface area contributed by atoms with Gasteiger partial charge in [-0.25, -0.2) is 4.98 Å². The van der Waals surface area contributed by atoms with Gasteiger partial charge in [-0.05, 0) is 17.5 Å². The highest BCUT2D eigenvalue weighted by Crippen LogP contribution is 2.29. The first-order valence-corrected chi connectivity index (χ1v) is 9.30. The molecule has 1 aliphatic heterocycles. The number of phenolic OH excluding ortho intramolecular Hbond substituents is 1. The largest absolute Gasteiger partial charge is 0.507 e.